The van der Waals surface area contributed by atoms with Gasteiger partial charge in [-0.2, -0.15) is 0 Å². The molecule has 4 aromatic rings. The number of carbonyl (C=O) groups excluding carboxylic acids is 4. The van der Waals surface area contributed by atoms with Crippen molar-refractivity contribution in [2.24, 2.45) is 0 Å². The highest BCUT2D eigenvalue weighted by molar-refractivity contribution is 8.76. The van der Waals surface area contributed by atoms with Gasteiger partial charge in [0.25, 0.3) is 23.6 Å². The standard InChI is InChI=1S/C37H41N5O4S2/c1-4-5-17-38-30-15-13-28-32-24(30)9-6-11-26(32)34(43)41(36(28)45)20-22-47-48-23-21-42-35(44)27-12-7-10-25-31(39-18-8-19-40(2)3)16-14-29(33(25)27)37(42)46/h6-7,9-16,38-39H,4-5,8,17-23H2,1-3H3. The van der Waals surface area contributed by atoms with E-state index in [0.29, 0.717) is 44.5 Å². The summed E-state index contributed by atoms with van der Waals surface area (Å²) in [5, 5.41) is 10.1. The van der Waals surface area contributed by atoms with Crippen LogP contribution in [0.15, 0.2) is 60.7 Å². The lowest BCUT2D eigenvalue weighted by Gasteiger charge is -2.28. The van der Waals surface area contributed by atoms with E-state index in [2.05, 4.69) is 22.5 Å². The molecule has 0 atom stereocenters. The van der Waals surface area contributed by atoms with Gasteiger partial charge in [0.05, 0.1) is 0 Å². The Bertz CT molecular complexity index is 1850. The highest BCUT2D eigenvalue weighted by atomic mass is 33.1. The summed E-state index contributed by atoms with van der Waals surface area (Å²) < 4.78 is 0. The third-order valence-electron chi connectivity index (χ3n) is 8.81. The largest absolute Gasteiger partial charge is 0.385 e. The molecule has 250 valence electrons. The first-order chi connectivity index (χ1) is 23.3. The van der Waals surface area contributed by atoms with Crippen LogP contribution in [-0.4, -0.2) is 96.7 Å². The fourth-order valence-corrected chi connectivity index (χ4v) is 8.30. The van der Waals surface area contributed by atoms with Crippen LogP contribution in [-0.2, 0) is 0 Å². The van der Waals surface area contributed by atoms with Gasteiger partial charge in [0.1, 0.15) is 0 Å². The third-order valence-corrected chi connectivity index (χ3v) is 11.2. The summed E-state index contributed by atoms with van der Waals surface area (Å²) in [6.07, 6.45) is 3.09. The Morgan fingerprint density at radius 1 is 0.604 bits per heavy atom. The topological polar surface area (TPSA) is 102 Å². The number of amides is 4. The number of nitrogens with zero attached hydrogens (tertiary/aromatic N) is 3. The van der Waals surface area contributed by atoms with Crippen LogP contribution in [0.4, 0.5) is 11.4 Å². The zero-order valence-electron chi connectivity index (χ0n) is 27.6. The quantitative estimate of drug-likeness (QED) is 0.0747. The predicted octanol–water partition coefficient (Wildman–Crippen LogP) is 6.84. The summed E-state index contributed by atoms with van der Waals surface area (Å²) in [6, 6.07) is 18.7. The second kappa shape index (κ2) is 15.0. The molecule has 48 heavy (non-hydrogen) atoms. The minimum absolute atomic E-state index is 0.265. The lowest BCUT2D eigenvalue weighted by molar-refractivity contribution is 0.0605. The van der Waals surface area contributed by atoms with E-state index in [1.54, 1.807) is 12.1 Å². The van der Waals surface area contributed by atoms with Crippen molar-refractivity contribution in [3.63, 3.8) is 0 Å². The van der Waals surface area contributed by atoms with Crippen LogP contribution in [0.25, 0.3) is 21.5 Å². The van der Waals surface area contributed by atoms with Gasteiger partial charge < -0.3 is 15.5 Å². The zero-order valence-corrected chi connectivity index (χ0v) is 29.3. The molecule has 0 fully saturated rings. The molecule has 0 saturated heterocycles. The molecular weight excluding hydrogens is 643 g/mol. The summed E-state index contributed by atoms with van der Waals surface area (Å²) in [5.41, 5.74) is 4.03. The lowest BCUT2D eigenvalue weighted by atomic mass is 9.93. The van der Waals surface area contributed by atoms with E-state index < -0.39 is 0 Å². The molecule has 11 heteroatoms. The van der Waals surface area contributed by atoms with Gasteiger partial charge in [-0.15, -0.1) is 0 Å². The van der Waals surface area contributed by atoms with Crippen LogP contribution in [0.5, 0.6) is 0 Å². The fourth-order valence-electron chi connectivity index (χ4n) is 6.40. The molecule has 0 saturated carbocycles. The van der Waals surface area contributed by atoms with E-state index in [9.17, 15) is 19.2 Å². The maximum atomic E-state index is 13.5. The smallest absolute Gasteiger partial charge is 0.261 e. The molecule has 2 aliphatic rings. The minimum atomic E-state index is -0.283. The fraction of sp³-hybridized carbons (Fsp3) is 0.351. The molecule has 6 rings (SSSR count). The first kappa shape index (κ1) is 33.8. The molecule has 4 aromatic carbocycles. The first-order valence-electron chi connectivity index (χ1n) is 16.5. The number of imide groups is 2. The van der Waals surface area contributed by atoms with Crippen LogP contribution in [0.2, 0.25) is 0 Å². The summed E-state index contributed by atoms with van der Waals surface area (Å²) in [5.74, 6) is -0.0728. The molecule has 0 aliphatic carbocycles. The van der Waals surface area contributed by atoms with Gasteiger partial charge in [-0.25, -0.2) is 0 Å². The van der Waals surface area contributed by atoms with Crippen LogP contribution >= 0.6 is 21.6 Å². The average molecular weight is 684 g/mol. The molecule has 9 nitrogen and oxygen atoms in total. The van der Waals surface area contributed by atoms with Gasteiger partial charge >= 0.3 is 0 Å². The van der Waals surface area contributed by atoms with Gasteiger partial charge in [0.2, 0.25) is 0 Å². The second-order valence-corrected chi connectivity index (χ2v) is 15.0. The Morgan fingerprint density at radius 3 is 1.48 bits per heavy atom. The van der Waals surface area contributed by atoms with E-state index >= 15 is 0 Å². The Kier molecular flexibility index (Phi) is 10.6. The van der Waals surface area contributed by atoms with Crippen molar-refractivity contribution in [2.75, 3.05) is 69.0 Å². The van der Waals surface area contributed by atoms with Crippen molar-refractivity contribution in [3.8, 4) is 0 Å². The number of anilines is 2. The van der Waals surface area contributed by atoms with E-state index in [-0.39, 0.29) is 36.7 Å². The van der Waals surface area contributed by atoms with Gasteiger partial charge in [0, 0.05) is 92.9 Å². The molecule has 0 radical (unpaired) electrons. The van der Waals surface area contributed by atoms with Crippen LogP contribution < -0.4 is 10.6 Å². The van der Waals surface area contributed by atoms with Gasteiger partial charge in [-0.3, -0.25) is 29.0 Å². The van der Waals surface area contributed by atoms with Crippen molar-refractivity contribution in [1.29, 1.82) is 0 Å². The van der Waals surface area contributed by atoms with E-state index in [1.165, 1.54) is 31.4 Å². The molecule has 2 N–H and O–H groups in total. The van der Waals surface area contributed by atoms with Crippen molar-refractivity contribution in [3.05, 3.63) is 82.9 Å². The predicted molar refractivity (Wildman–Crippen MR) is 199 cm³/mol. The van der Waals surface area contributed by atoms with Crippen molar-refractivity contribution in [1.82, 2.24) is 14.7 Å². The first-order valence-corrected chi connectivity index (χ1v) is 19.0. The maximum absolute atomic E-state index is 13.5. The van der Waals surface area contributed by atoms with Gasteiger partial charge in [-0.05, 0) is 69.9 Å². The maximum Gasteiger partial charge on any atom is 0.261 e. The highest BCUT2D eigenvalue weighted by Crippen LogP contribution is 2.36. The number of hydrogen-bond donors (Lipinski definition) is 2. The summed E-state index contributed by atoms with van der Waals surface area (Å²) in [7, 11) is 7.14. The van der Waals surface area contributed by atoms with Crippen molar-refractivity contribution >= 4 is 78.1 Å². The molecule has 0 bridgehead atoms. The molecular formula is C37H41N5O4S2. The summed E-state index contributed by atoms with van der Waals surface area (Å²) in [4.78, 5) is 58.7. The number of unbranched alkanes of at least 4 members (excludes halogenated alkanes) is 1. The lowest BCUT2D eigenvalue weighted by Crippen LogP contribution is -2.42. The van der Waals surface area contributed by atoms with Gasteiger partial charge in [0.15, 0.2) is 0 Å². The Hall–Kier alpha value is -4.06. The molecule has 2 aliphatic heterocycles. The van der Waals surface area contributed by atoms with E-state index in [0.717, 1.165) is 61.0 Å². The number of rotatable bonds is 16. The number of hydrogen-bond acceptors (Lipinski definition) is 9. The van der Waals surface area contributed by atoms with E-state index in [4.69, 9.17) is 0 Å². The molecule has 4 amide bonds. The van der Waals surface area contributed by atoms with Gasteiger partial charge in [-0.1, -0.05) is 59.2 Å². The molecule has 0 spiro atoms. The Morgan fingerprint density at radius 2 is 1.04 bits per heavy atom. The monoisotopic (exact) mass is 683 g/mol. The van der Waals surface area contributed by atoms with Crippen molar-refractivity contribution in [2.45, 2.75) is 26.2 Å². The van der Waals surface area contributed by atoms with Crippen LogP contribution in [0.3, 0.4) is 0 Å². The zero-order chi connectivity index (χ0) is 33.8. The summed E-state index contributed by atoms with van der Waals surface area (Å²) >= 11 is 0. The van der Waals surface area contributed by atoms with Crippen LogP contribution in [0.1, 0.15) is 67.6 Å². The average Bonchev–Trinajstić information content (AvgIpc) is 3.09. The normalized spacial score (nSPS) is 14.2. The van der Waals surface area contributed by atoms with E-state index in [1.807, 2.05) is 62.6 Å². The minimum Gasteiger partial charge on any atom is -0.385 e. The summed E-state index contributed by atoms with van der Waals surface area (Å²) in [6.45, 7) is 5.26. The SMILES string of the molecule is CCCCNc1ccc2c3c(cccc13)C(=O)N(CCSSCCN1C(=O)c3cccc4c(NCCCN(C)C)ccc(c34)C1=O)C2=O. The third kappa shape index (κ3) is 6.63. The molecule has 0 aromatic heterocycles. The Balaban J connectivity index is 1.04. The number of benzene rings is 4. The molecule has 0 unspecified atom stereocenters. The number of nitrogens with one attached hydrogen (secondary N) is 2. The Labute approximate surface area is 289 Å². The number of carbonyl (C=O) groups is 4. The molecule has 2 heterocycles. The second-order valence-electron chi connectivity index (χ2n) is 12.3. The van der Waals surface area contributed by atoms with Crippen LogP contribution in [0, 0.1) is 0 Å². The highest BCUT2D eigenvalue weighted by Gasteiger charge is 2.34. The van der Waals surface area contributed by atoms with Crippen molar-refractivity contribution < 1.29 is 19.2 Å².